The number of piperidine rings is 1. The molecule has 0 bridgehead atoms. The van der Waals surface area contributed by atoms with Crippen LogP contribution in [0.15, 0.2) is 23.3 Å². The Bertz CT molecular complexity index is 1330. The SMILES string of the molecule is CC(C)(C)OC(=O)N(CCCCCCCC(=O)Nc1cccc2c1CN(C1CCC(=O)NC1=O)C2=O)[C@H]1CC[C@@H](N=[N+]=[N-])CC1. The van der Waals surface area contributed by atoms with E-state index < -0.39 is 17.6 Å². The number of azide groups is 1. The lowest BCUT2D eigenvalue weighted by Crippen LogP contribution is -2.52. The standard InChI is InChI=1S/C32H45N7O6/c1-32(2,3)45-31(44)38(22-15-13-21(14-16-22)36-37-33)19-8-6-4-5-7-12-27(40)34-25-11-9-10-23-24(25)20-39(30(23)43)26-17-18-28(41)35-29(26)42/h9-11,21-22,26H,4-8,12-20H2,1-3H3,(H,34,40)(H,35,41,42)/t21-,22+,26?. The van der Waals surface area contributed by atoms with Crippen LogP contribution in [0.3, 0.4) is 0 Å². The van der Waals surface area contributed by atoms with Gasteiger partial charge in [-0.05, 0) is 83.4 Å². The van der Waals surface area contributed by atoms with Crippen molar-refractivity contribution < 1.29 is 28.7 Å². The molecule has 2 fully saturated rings. The Hall–Kier alpha value is -4.12. The van der Waals surface area contributed by atoms with Crippen molar-refractivity contribution in [1.82, 2.24) is 15.1 Å². The number of carbonyl (C=O) groups excluding carboxylic acids is 5. The summed E-state index contributed by atoms with van der Waals surface area (Å²) in [7, 11) is 0. The highest BCUT2D eigenvalue weighted by Gasteiger charge is 2.40. The van der Waals surface area contributed by atoms with Gasteiger partial charge in [0, 0.05) is 59.7 Å². The van der Waals surface area contributed by atoms with E-state index in [-0.39, 0.29) is 55.3 Å². The molecule has 2 N–H and O–H groups in total. The highest BCUT2D eigenvalue weighted by Crippen LogP contribution is 2.32. The van der Waals surface area contributed by atoms with E-state index in [9.17, 15) is 24.0 Å². The van der Waals surface area contributed by atoms with Crippen LogP contribution in [-0.2, 0) is 25.7 Å². The number of amides is 5. The number of imide groups is 1. The number of hydrogen-bond acceptors (Lipinski definition) is 7. The van der Waals surface area contributed by atoms with Gasteiger partial charge in [-0.1, -0.05) is 30.4 Å². The molecule has 1 aromatic rings. The third kappa shape index (κ3) is 9.20. The van der Waals surface area contributed by atoms with E-state index in [1.165, 1.54) is 4.90 Å². The second-order valence-corrected chi connectivity index (χ2v) is 13.1. The van der Waals surface area contributed by atoms with Crippen molar-refractivity contribution in [2.24, 2.45) is 5.11 Å². The molecular weight excluding hydrogens is 578 g/mol. The Morgan fingerprint density at radius 2 is 1.78 bits per heavy atom. The quantitative estimate of drug-likeness (QED) is 0.101. The summed E-state index contributed by atoms with van der Waals surface area (Å²) < 4.78 is 5.69. The van der Waals surface area contributed by atoms with Gasteiger partial charge in [0.25, 0.3) is 5.91 Å². The molecule has 1 saturated heterocycles. The van der Waals surface area contributed by atoms with Crippen LogP contribution in [0, 0.1) is 0 Å². The molecule has 244 valence electrons. The van der Waals surface area contributed by atoms with E-state index in [0.717, 1.165) is 51.4 Å². The maximum atomic E-state index is 13.0. The van der Waals surface area contributed by atoms with Gasteiger partial charge in [-0.25, -0.2) is 4.79 Å². The van der Waals surface area contributed by atoms with E-state index in [1.54, 1.807) is 18.2 Å². The van der Waals surface area contributed by atoms with Gasteiger partial charge in [0.05, 0.1) is 0 Å². The normalized spacial score (nSPS) is 21.4. The van der Waals surface area contributed by atoms with Crippen LogP contribution in [0.2, 0.25) is 0 Å². The van der Waals surface area contributed by atoms with Crippen LogP contribution in [0.1, 0.15) is 114 Å². The Morgan fingerprint density at radius 1 is 1.07 bits per heavy atom. The number of unbranched alkanes of at least 4 members (excludes halogenated alkanes) is 4. The topological polar surface area (TPSA) is 174 Å². The smallest absolute Gasteiger partial charge is 0.410 e. The number of rotatable bonds is 12. The molecule has 13 heteroatoms. The molecule has 3 aliphatic rings. The number of nitrogens with one attached hydrogen (secondary N) is 2. The van der Waals surface area contributed by atoms with Gasteiger partial charge < -0.3 is 19.9 Å². The van der Waals surface area contributed by atoms with Gasteiger partial charge in [0.2, 0.25) is 17.7 Å². The molecule has 1 aromatic carbocycles. The lowest BCUT2D eigenvalue weighted by molar-refractivity contribution is -0.137. The molecule has 2 heterocycles. The van der Waals surface area contributed by atoms with Crippen molar-refractivity contribution in [3.63, 3.8) is 0 Å². The Kier molecular flexibility index (Phi) is 11.4. The highest BCUT2D eigenvalue weighted by molar-refractivity contribution is 6.06. The monoisotopic (exact) mass is 623 g/mol. The predicted molar refractivity (Wildman–Crippen MR) is 167 cm³/mol. The van der Waals surface area contributed by atoms with Crippen LogP contribution in [0.4, 0.5) is 10.5 Å². The zero-order chi connectivity index (χ0) is 32.6. The summed E-state index contributed by atoms with van der Waals surface area (Å²) in [6.45, 7) is 6.38. The number of benzene rings is 1. The van der Waals surface area contributed by atoms with E-state index in [2.05, 4.69) is 20.7 Å². The third-order valence-corrected chi connectivity index (χ3v) is 8.61. The molecule has 0 spiro atoms. The van der Waals surface area contributed by atoms with Gasteiger partial charge in [0.1, 0.15) is 11.6 Å². The summed E-state index contributed by atoms with van der Waals surface area (Å²) in [4.78, 5) is 68.9. The molecule has 2 aliphatic heterocycles. The van der Waals surface area contributed by atoms with E-state index in [4.69, 9.17) is 10.3 Å². The molecule has 0 aromatic heterocycles. The summed E-state index contributed by atoms with van der Waals surface area (Å²) in [5.41, 5.74) is 9.86. The fraction of sp³-hybridized carbons (Fsp3) is 0.656. The number of carbonyl (C=O) groups is 5. The fourth-order valence-corrected chi connectivity index (χ4v) is 6.32. The largest absolute Gasteiger partial charge is 0.444 e. The Morgan fingerprint density at radius 3 is 2.47 bits per heavy atom. The van der Waals surface area contributed by atoms with Crippen LogP contribution >= 0.6 is 0 Å². The number of fused-ring (bicyclic) bond motifs is 1. The minimum Gasteiger partial charge on any atom is -0.444 e. The zero-order valence-electron chi connectivity index (χ0n) is 26.5. The number of anilines is 1. The zero-order valence-corrected chi connectivity index (χ0v) is 26.5. The van der Waals surface area contributed by atoms with Crippen molar-refractivity contribution in [2.45, 2.75) is 128 Å². The molecule has 13 nitrogen and oxygen atoms in total. The van der Waals surface area contributed by atoms with Crippen molar-refractivity contribution in [2.75, 3.05) is 11.9 Å². The fourth-order valence-electron chi connectivity index (χ4n) is 6.32. The average Bonchev–Trinajstić information content (AvgIpc) is 3.31. The van der Waals surface area contributed by atoms with Gasteiger partial charge in [-0.2, -0.15) is 0 Å². The highest BCUT2D eigenvalue weighted by atomic mass is 16.6. The summed E-state index contributed by atoms with van der Waals surface area (Å²) in [6, 6.07) is 4.52. The summed E-state index contributed by atoms with van der Waals surface area (Å²) in [5.74, 6) is -1.22. The lowest BCUT2D eigenvalue weighted by atomic mass is 9.90. The van der Waals surface area contributed by atoms with Gasteiger partial charge in [-0.3, -0.25) is 24.5 Å². The molecule has 5 amide bonds. The summed E-state index contributed by atoms with van der Waals surface area (Å²) in [6.07, 6.45) is 7.84. The number of nitrogens with zero attached hydrogens (tertiary/aromatic N) is 5. The molecule has 1 unspecified atom stereocenters. The Labute approximate surface area is 264 Å². The van der Waals surface area contributed by atoms with Crippen LogP contribution in [0.5, 0.6) is 0 Å². The molecule has 4 rings (SSSR count). The first-order valence-electron chi connectivity index (χ1n) is 16.1. The Balaban J connectivity index is 1.19. The summed E-state index contributed by atoms with van der Waals surface area (Å²) >= 11 is 0. The van der Waals surface area contributed by atoms with Gasteiger partial charge >= 0.3 is 6.09 Å². The van der Waals surface area contributed by atoms with Crippen molar-refractivity contribution in [3.8, 4) is 0 Å². The van der Waals surface area contributed by atoms with E-state index in [1.807, 2.05) is 25.7 Å². The molecule has 1 saturated carbocycles. The first kappa shape index (κ1) is 33.8. The molecular formula is C32H45N7O6. The van der Waals surface area contributed by atoms with Crippen LogP contribution in [-0.4, -0.2) is 69.8 Å². The maximum Gasteiger partial charge on any atom is 0.410 e. The van der Waals surface area contributed by atoms with Crippen LogP contribution < -0.4 is 10.6 Å². The number of hydrogen-bond donors (Lipinski definition) is 2. The number of ether oxygens (including phenoxy) is 1. The van der Waals surface area contributed by atoms with Gasteiger partial charge in [-0.15, -0.1) is 0 Å². The van der Waals surface area contributed by atoms with Gasteiger partial charge in [0.15, 0.2) is 0 Å². The van der Waals surface area contributed by atoms with Crippen LogP contribution in [0.25, 0.3) is 10.4 Å². The van der Waals surface area contributed by atoms with Crippen molar-refractivity contribution in [3.05, 3.63) is 39.8 Å². The second-order valence-electron chi connectivity index (χ2n) is 13.1. The van der Waals surface area contributed by atoms with E-state index in [0.29, 0.717) is 36.2 Å². The first-order valence-corrected chi connectivity index (χ1v) is 16.1. The van der Waals surface area contributed by atoms with Crippen molar-refractivity contribution >= 4 is 35.4 Å². The third-order valence-electron chi connectivity index (χ3n) is 8.61. The minimum absolute atomic E-state index is 0.0123. The molecule has 1 aliphatic carbocycles. The van der Waals surface area contributed by atoms with E-state index >= 15 is 0 Å². The molecule has 0 radical (unpaired) electrons. The predicted octanol–water partition coefficient (Wildman–Crippen LogP) is 5.59. The maximum absolute atomic E-state index is 13.0. The van der Waals surface area contributed by atoms with Crippen molar-refractivity contribution in [1.29, 1.82) is 0 Å². The second kappa shape index (κ2) is 15.2. The lowest BCUT2D eigenvalue weighted by Gasteiger charge is -2.37. The average molecular weight is 624 g/mol. The first-order chi connectivity index (χ1) is 21.5. The summed E-state index contributed by atoms with van der Waals surface area (Å²) in [5, 5.41) is 9.09. The minimum atomic E-state index is -0.707. The molecule has 45 heavy (non-hydrogen) atoms. The molecule has 1 atom stereocenters.